The van der Waals surface area contributed by atoms with E-state index in [2.05, 4.69) is 34.3 Å². The van der Waals surface area contributed by atoms with Crippen molar-refractivity contribution in [2.24, 2.45) is 13.0 Å². The highest BCUT2D eigenvalue weighted by molar-refractivity contribution is 7.99. The molecule has 1 N–H and O–H groups in total. The Hall–Kier alpha value is -2.39. The summed E-state index contributed by atoms with van der Waals surface area (Å²) in [5, 5.41) is 11.3. The van der Waals surface area contributed by atoms with Crippen molar-refractivity contribution in [1.82, 2.24) is 24.6 Å². The molecule has 1 saturated heterocycles. The molecule has 0 radical (unpaired) electrons. The van der Waals surface area contributed by atoms with Crippen molar-refractivity contribution in [3.8, 4) is 0 Å². The molecule has 1 aliphatic rings. The molecular formula is C21H30N6O2S. The van der Waals surface area contributed by atoms with Gasteiger partial charge < -0.3 is 14.8 Å². The van der Waals surface area contributed by atoms with Gasteiger partial charge in [-0.05, 0) is 37.1 Å². The van der Waals surface area contributed by atoms with Crippen molar-refractivity contribution in [3.05, 3.63) is 36.2 Å². The second-order valence-electron chi connectivity index (χ2n) is 7.96. The van der Waals surface area contributed by atoms with Crippen molar-refractivity contribution in [2.45, 2.75) is 25.4 Å². The molecule has 1 aromatic carbocycles. The molecule has 162 valence electrons. The molecular weight excluding hydrogens is 400 g/mol. The van der Waals surface area contributed by atoms with Gasteiger partial charge in [0, 0.05) is 44.5 Å². The van der Waals surface area contributed by atoms with E-state index < -0.39 is 0 Å². The number of amides is 2. The normalized spacial score (nSPS) is 14.9. The van der Waals surface area contributed by atoms with E-state index in [4.69, 9.17) is 0 Å². The molecule has 30 heavy (non-hydrogen) atoms. The number of aryl methyl sites for hydroxylation is 1. The molecule has 9 heteroatoms. The van der Waals surface area contributed by atoms with E-state index in [-0.39, 0.29) is 17.6 Å². The molecule has 8 nitrogen and oxygen atoms in total. The fourth-order valence-electron chi connectivity index (χ4n) is 3.26. The first-order valence-electron chi connectivity index (χ1n) is 10.3. The van der Waals surface area contributed by atoms with Crippen LogP contribution in [0.2, 0.25) is 0 Å². The summed E-state index contributed by atoms with van der Waals surface area (Å²) in [7, 11) is 1.83. The predicted octanol–water partition coefficient (Wildman–Crippen LogP) is 2.35. The molecule has 0 atom stereocenters. The van der Waals surface area contributed by atoms with Crippen LogP contribution in [-0.4, -0.2) is 74.9 Å². The average molecular weight is 431 g/mol. The van der Waals surface area contributed by atoms with Gasteiger partial charge in [0.2, 0.25) is 5.91 Å². The Bertz CT molecular complexity index is 861. The Morgan fingerprint density at radius 3 is 2.63 bits per heavy atom. The zero-order valence-corrected chi connectivity index (χ0v) is 18.7. The largest absolute Gasteiger partial charge is 0.336 e. The predicted molar refractivity (Wildman–Crippen MR) is 119 cm³/mol. The van der Waals surface area contributed by atoms with Gasteiger partial charge in [-0.15, -0.1) is 10.2 Å². The quantitative estimate of drug-likeness (QED) is 0.648. The lowest BCUT2D eigenvalue weighted by Gasteiger charge is -2.35. The van der Waals surface area contributed by atoms with Crippen molar-refractivity contribution < 1.29 is 9.59 Å². The Kier molecular flexibility index (Phi) is 7.87. The molecule has 0 unspecified atom stereocenters. The third-order valence-electron chi connectivity index (χ3n) is 5.08. The lowest BCUT2D eigenvalue weighted by molar-refractivity contribution is -0.113. The molecule has 0 bridgehead atoms. The van der Waals surface area contributed by atoms with E-state index >= 15 is 0 Å². The SMILES string of the molecule is CC(C)CCN1CCN(C(=O)c2cccc(NC(=O)CSc3nncn3C)c2)CC1. The number of aromatic nitrogens is 3. The average Bonchev–Trinajstić information content (AvgIpc) is 3.15. The first-order valence-corrected chi connectivity index (χ1v) is 11.3. The highest BCUT2D eigenvalue weighted by Crippen LogP contribution is 2.17. The van der Waals surface area contributed by atoms with Gasteiger partial charge in [0.25, 0.3) is 5.91 Å². The van der Waals surface area contributed by atoms with Crippen LogP contribution < -0.4 is 5.32 Å². The van der Waals surface area contributed by atoms with Crippen molar-refractivity contribution in [3.63, 3.8) is 0 Å². The summed E-state index contributed by atoms with van der Waals surface area (Å²) in [6.45, 7) is 8.86. The summed E-state index contributed by atoms with van der Waals surface area (Å²) >= 11 is 1.32. The minimum atomic E-state index is -0.147. The molecule has 0 spiro atoms. The van der Waals surface area contributed by atoms with Crippen molar-refractivity contribution in [1.29, 1.82) is 0 Å². The smallest absolute Gasteiger partial charge is 0.254 e. The number of hydrogen-bond acceptors (Lipinski definition) is 6. The summed E-state index contributed by atoms with van der Waals surface area (Å²) in [4.78, 5) is 29.5. The lowest BCUT2D eigenvalue weighted by atomic mass is 10.1. The van der Waals surface area contributed by atoms with Gasteiger partial charge in [-0.3, -0.25) is 14.5 Å². The summed E-state index contributed by atoms with van der Waals surface area (Å²) in [5.74, 6) is 0.791. The zero-order chi connectivity index (χ0) is 21.5. The van der Waals surface area contributed by atoms with Crippen LogP contribution in [0.3, 0.4) is 0 Å². The van der Waals surface area contributed by atoms with Gasteiger partial charge in [0.05, 0.1) is 5.75 Å². The highest BCUT2D eigenvalue weighted by Gasteiger charge is 2.22. The van der Waals surface area contributed by atoms with Crippen LogP contribution in [0.25, 0.3) is 0 Å². The maximum atomic E-state index is 12.9. The number of carbonyl (C=O) groups excluding carboxylic acids is 2. The summed E-state index contributed by atoms with van der Waals surface area (Å²) < 4.78 is 1.76. The standard InChI is InChI=1S/C21H30N6O2S/c1-16(2)7-8-26-9-11-27(12-10-26)20(29)17-5-4-6-18(13-17)23-19(28)14-30-21-24-22-15-25(21)3/h4-6,13,15-16H,7-12,14H2,1-3H3,(H,23,28). The maximum Gasteiger partial charge on any atom is 0.254 e. The molecule has 3 rings (SSSR count). The molecule has 2 aromatic rings. The van der Waals surface area contributed by atoms with Crippen molar-refractivity contribution in [2.75, 3.05) is 43.8 Å². The van der Waals surface area contributed by atoms with Gasteiger partial charge in [0.1, 0.15) is 6.33 Å². The van der Waals surface area contributed by atoms with Crippen LogP contribution in [0.1, 0.15) is 30.6 Å². The topological polar surface area (TPSA) is 83.4 Å². The lowest BCUT2D eigenvalue weighted by Crippen LogP contribution is -2.49. The first-order chi connectivity index (χ1) is 14.4. The van der Waals surface area contributed by atoms with Crippen LogP contribution in [-0.2, 0) is 11.8 Å². The molecule has 1 fully saturated rings. The number of hydrogen-bond donors (Lipinski definition) is 1. The second kappa shape index (κ2) is 10.6. The van der Waals surface area contributed by atoms with Crippen LogP contribution in [0, 0.1) is 5.92 Å². The molecule has 1 aromatic heterocycles. The fraction of sp³-hybridized carbons (Fsp3) is 0.524. The zero-order valence-electron chi connectivity index (χ0n) is 17.9. The fourth-order valence-corrected chi connectivity index (χ4v) is 3.95. The molecule has 2 amide bonds. The van der Waals surface area contributed by atoms with E-state index in [0.29, 0.717) is 22.3 Å². The van der Waals surface area contributed by atoms with Gasteiger partial charge >= 0.3 is 0 Å². The van der Waals surface area contributed by atoms with Gasteiger partial charge in [0.15, 0.2) is 5.16 Å². The molecule has 0 saturated carbocycles. The van der Waals surface area contributed by atoms with Crippen molar-refractivity contribution >= 4 is 29.3 Å². The van der Waals surface area contributed by atoms with E-state index in [1.165, 1.54) is 18.2 Å². The molecule has 0 aliphatic carbocycles. The third-order valence-corrected chi connectivity index (χ3v) is 6.11. The third kappa shape index (κ3) is 6.30. The summed E-state index contributed by atoms with van der Waals surface area (Å²) in [5.41, 5.74) is 1.23. The maximum absolute atomic E-state index is 12.9. The summed E-state index contributed by atoms with van der Waals surface area (Å²) in [6, 6.07) is 7.15. The van der Waals surface area contributed by atoms with Crippen LogP contribution in [0.4, 0.5) is 5.69 Å². The monoisotopic (exact) mass is 430 g/mol. The van der Waals surface area contributed by atoms with E-state index in [0.717, 1.165) is 32.7 Å². The number of piperazine rings is 1. The number of nitrogens with zero attached hydrogens (tertiary/aromatic N) is 5. The molecule has 2 heterocycles. The van der Waals surface area contributed by atoms with Crippen LogP contribution in [0.15, 0.2) is 35.7 Å². The van der Waals surface area contributed by atoms with Gasteiger partial charge in [-0.25, -0.2) is 0 Å². The minimum Gasteiger partial charge on any atom is -0.336 e. The van der Waals surface area contributed by atoms with E-state index in [1.54, 1.807) is 35.2 Å². The number of benzene rings is 1. The van der Waals surface area contributed by atoms with Crippen LogP contribution in [0.5, 0.6) is 0 Å². The van der Waals surface area contributed by atoms with Gasteiger partial charge in [-0.1, -0.05) is 31.7 Å². The number of thioether (sulfide) groups is 1. The Morgan fingerprint density at radius 1 is 1.20 bits per heavy atom. The Balaban J connectivity index is 1.50. The first kappa shape index (κ1) is 22.3. The Labute approximate surface area is 182 Å². The highest BCUT2D eigenvalue weighted by atomic mass is 32.2. The van der Waals surface area contributed by atoms with E-state index in [9.17, 15) is 9.59 Å². The summed E-state index contributed by atoms with van der Waals surface area (Å²) in [6.07, 6.45) is 2.78. The van der Waals surface area contributed by atoms with E-state index in [1.807, 2.05) is 11.9 Å². The van der Waals surface area contributed by atoms with Crippen LogP contribution >= 0.6 is 11.8 Å². The number of nitrogens with one attached hydrogen (secondary N) is 1. The number of carbonyl (C=O) groups is 2. The number of rotatable bonds is 8. The molecule has 1 aliphatic heterocycles. The Morgan fingerprint density at radius 2 is 1.97 bits per heavy atom. The number of anilines is 1. The second-order valence-corrected chi connectivity index (χ2v) is 8.90. The minimum absolute atomic E-state index is 0.0167. The van der Waals surface area contributed by atoms with Gasteiger partial charge in [-0.2, -0.15) is 0 Å².